The van der Waals surface area contributed by atoms with Crippen LogP contribution in [-0.4, -0.2) is 0 Å². The first-order chi connectivity index (χ1) is 8.42. The van der Waals surface area contributed by atoms with Crippen LogP contribution in [0.3, 0.4) is 0 Å². The van der Waals surface area contributed by atoms with E-state index >= 15 is 0 Å². The van der Waals surface area contributed by atoms with E-state index < -0.39 is 0 Å². The molecule has 2 atom stereocenters. The Labute approximate surface area is 121 Å². The summed E-state index contributed by atoms with van der Waals surface area (Å²) in [6.07, 6.45) is 3.71. The Hall–Kier alpha value is -0.300. The maximum absolute atomic E-state index is 3.84. The van der Waals surface area contributed by atoms with Crippen LogP contribution in [-0.2, 0) is 5.41 Å². The topological polar surface area (TPSA) is 0 Å². The molecule has 1 heteroatoms. The zero-order valence-electron chi connectivity index (χ0n) is 12.5. The Kier molecular flexibility index (Phi) is 5.91. The highest BCUT2D eigenvalue weighted by Crippen LogP contribution is 2.35. The van der Waals surface area contributed by atoms with Gasteiger partial charge in [-0.25, -0.2) is 0 Å². The molecule has 1 aromatic carbocycles. The van der Waals surface area contributed by atoms with Crippen molar-refractivity contribution in [2.24, 2.45) is 5.92 Å². The average Bonchev–Trinajstić information content (AvgIpc) is 2.38. The summed E-state index contributed by atoms with van der Waals surface area (Å²) in [5, 5.41) is 0. The molecule has 0 aromatic heterocycles. The van der Waals surface area contributed by atoms with Crippen molar-refractivity contribution in [3.05, 3.63) is 35.4 Å². The van der Waals surface area contributed by atoms with Crippen molar-refractivity contribution >= 4 is 15.9 Å². The third kappa shape index (κ3) is 3.85. The molecule has 102 valence electrons. The Morgan fingerprint density at radius 1 is 1.11 bits per heavy atom. The second-order valence-corrected chi connectivity index (χ2v) is 7.01. The van der Waals surface area contributed by atoms with Crippen molar-refractivity contribution in [1.82, 2.24) is 0 Å². The van der Waals surface area contributed by atoms with E-state index in [9.17, 15) is 0 Å². The lowest BCUT2D eigenvalue weighted by molar-refractivity contribution is 0.504. The van der Waals surface area contributed by atoms with Crippen molar-refractivity contribution in [1.29, 1.82) is 0 Å². The van der Waals surface area contributed by atoms with Crippen LogP contribution >= 0.6 is 15.9 Å². The highest BCUT2D eigenvalue weighted by molar-refractivity contribution is 9.09. The molecule has 1 rings (SSSR count). The van der Waals surface area contributed by atoms with Gasteiger partial charge >= 0.3 is 0 Å². The molecule has 0 spiro atoms. The van der Waals surface area contributed by atoms with Gasteiger partial charge in [-0.2, -0.15) is 0 Å². The second kappa shape index (κ2) is 6.75. The fourth-order valence-electron chi connectivity index (χ4n) is 2.25. The van der Waals surface area contributed by atoms with Gasteiger partial charge in [-0.05, 0) is 35.3 Å². The number of halogens is 1. The molecule has 0 bridgehead atoms. The molecule has 18 heavy (non-hydrogen) atoms. The van der Waals surface area contributed by atoms with Crippen LogP contribution in [0.25, 0.3) is 0 Å². The lowest BCUT2D eigenvalue weighted by atomic mass is 9.81. The first-order valence-corrected chi connectivity index (χ1v) is 8.08. The second-order valence-electron chi connectivity index (χ2n) is 6.03. The van der Waals surface area contributed by atoms with Crippen LogP contribution < -0.4 is 0 Å². The average molecular weight is 311 g/mol. The van der Waals surface area contributed by atoms with Crippen LogP contribution in [0, 0.1) is 5.92 Å². The first kappa shape index (κ1) is 15.8. The van der Waals surface area contributed by atoms with Crippen molar-refractivity contribution in [3.8, 4) is 0 Å². The number of rotatable bonds is 6. The van der Waals surface area contributed by atoms with Crippen LogP contribution in [0.1, 0.15) is 69.8 Å². The molecule has 2 unspecified atom stereocenters. The Balaban J connectivity index is 2.83. The van der Waals surface area contributed by atoms with Gasteiger partial charge < -0.3 is 0 Å². The fourth-order valence-corrected chi connectivity index (χ4v) is 2.82. The molecule has 0 radical (unpaired) electrons. The summed E-state index contributed by atoms with van der Waals surface area (Å²) >= 11 is 3.84. The predicted molar refractivity (Wildman–Crippen MR) is 85.5 cm³/mol. The normalized spacial score (nSPS) is 15.4. The van der Waals surface area contributed by atoms with Crippen molar-refractivity contribution in [3.63, 3.8) is 0 Å². The van der Waals surface area contributed by atoms with Crippen molar-refractivity contribution < 1.29 is 0 Å². The molecular weight excluding hydrogens is 284 g/mol. The molecule has 0 heterocycles. The van der Waals surface area contributed by atoms with Gasteiger partial charge in [0.05, 0.1) is 0 Å². The first-order valence-electron chi connectivity index (χ1n) is 7.16. The molecule has 0 aliphatic carbocycles. The summed E-state index contributed by atoms with van der Waals surface area (Å²) in [5.74, 6) is 0.694. The number of alkyl halides is 1. The molecule has 0 amide bonds. The molecule has 0 N–H and O–H groups in total. The summed E-state index contributed by atoms with van der Waals surface area (Å²) < 4.78 is 0. The Bertz CT molecular complexity index is 350. The number of hydrogen-bond donors (Lipinski definition) is 0. The van der Waals surface area contributed by atoms with Gasteiger partial charge in [0.1, 0.15) is 0 Å². The van der Waals surface area contributed by atoms with Gasteiger partial charge in [-0.3, -0.25) is 0 Å². The summed E-state index contributed by atoms with van der Waals surface area (Å²) in [5.41, 5.74) is 3.14. The van der Waals surface area contributed by atoms with Gasteiger partial charge in [0, 0.05) is 4.83 Å². The Morgan fingerprint density at radius 3 is 2.11 bits per heavy atom. The predicted octanol–water partition coefficient (Wildman–Crippen LogP) is 6.25. The molecule has 0 nitrogen and oxygen atoms in total. The summed E-state index contributed by atoms with van der Waals surface area (Å²) in [7, 11) is 0. The number of benzene rings is 1. The zero-order chi connectivity index (χ0) is 13.8. The van der Waals surface area contributed by atoms with Crippen LogP contribution in [0.5, 0.6) is 0 Å². The van der Waals surface area contributed by atoms with Gasteiger partial charge in [0.15, 0.2) is 0 Å². The highest BCUT2D eigenvalue weighted by Gasteiger charge is 2.19. The number of hydrogen-bond acceptors (Lipinski definition) is 0. The van der Waals surface area contributed by atoms with Crippen LogP contribution in [0.15, 0.2) is 24.3 Å². The Morgan fingerprint density at radius 2 is 1.67 bits per heavy atom. The third-order valence-electron chi connectivity index (χ3n) is 4.14. The summed E-state index contributed by atoms with van der Waals surface area (Å²) in [6, 6.07) is 9.17. The maximum atomic E-state index is 3.84. The maximum Gasteiger partial charge on any atom is 0.0420 e. The fraction of sp³-hybridized carbons (Fsp3) is 0.647. The lowest BCUT2D eigenvalue weighted by Gasteiger charge is -2.24. The van der Waals surface area contributed by atoms with E-state index in [4.69, 9.17) is 0 Å². The van der Waals surface area contributed by atoms with Gasteiger partial charge in [0.2, 0.25) is 0 Å². The van der Waals surface area contributed by atoms with Gasteiger partial charge in [-0.15, -0.1) is 0 Å². The quantitative estimate of drug-likeness (QED) is 0.545. The summed E-state index contributed by atoms with van der Waals surface area (Å²) in [4.78, 5) is 0.483. The smallest absolute Gasteiger partial charge is 0.0420 e. The largest absolute Gasteiger partial charge is 0.0836 e. The highest BCUT2D eigenvalue weighted by atomic mass is 79.9. The molecule has 0 fully saturated rings. The van der Waals surface area contributed by atoms with E-state index in [2.05, 4.69) is 74.8 Å². The van der Waals surface area contributed by atoms with E-state index in [1.54, 1.807) is 0 Å². The monoisotopic (exact) mass is 310 g/mol. The minimum Gasteiger partial charge on any atom is -0.0836 e. The molecule has 0 aliphatic heterocycles. The van der Waals surface area contributed by atoms with Crippen LogP contribution in [0.4, 0.5) is 0 Å². The molecule has 0 saturated heterocycles. The minimum atomic E-state index is 0.287. The van der Waals surface area contributed by atoms with Crippen molar-refractivity contribution in [2.45, 2.75) is 64.1 Å². The van der Waals surface area contributed by atoms with Gasteiger partial charge in [0.25, 0.3) is 0 Å². The minimum absolute atomic E-state index is 0.287. The molecular formula is C17H27Br. The van der Waals surface area contributed by atoms with Gasteiger partial charge in [-0.1, -0.05) is 81.2 Å². The van der Waals surface area contributed by atoms with E-state index in [-0.39, 0.29) is 5.41 Å². The summed E-state index contributed by atoms with van der Waals surface area (Å²) in [6.45, 7) is 11.5. The zero-order valence-corrected chi connectivity index (χ0v) is 14.0. The van der Waals surface area contributed by atoms with E-state index in [1.165, 1.54) is 30.4 Å². The van der Waals surface area contributed by atoms with Crippen LogP contribution in [0.2, 0.25) is 0 Å². The van der Waals surface area contributed by atoms with E-state index in [1.807, 2.05) is 0 Å². The van der Waals surface area contributed by atoms with Crippen molar-refractivity contribution in [2.75, 3.05) is 0 Å². The third-order valence-corrected chi connectivity index (χ3v) is 5.57. The van der Waals surface area contributed by atoms with E-state index in [0.717, 1.165) is 0 Å². The molecule has 1 aromatic rings. The van der Waals surface area contributed by atoms with E-state index in [0.29, 0.717) is 10.7 Å². The lowest BCUT2D eigenvalue weighted by Crippen LogP contribution is -2.15. The standard InChI is InChI=1S/C17H27Br/c1-6-8-13(3)16(18)14-9-11-15(12-10-14)17(4,5)7-2/h9-13,16H,6-8H2,1-5H3. The molecule has 0 aliphatic rings. The SMILES string of the molecule is CCCC(C)C(Br)c1ccc(C(C)(C)CC)cc1. The molecule has 0 saturated carbocycles.